The summed E-state index contributed by atoms with van der Waals surface area (Å²) in [5, 5.41) is 0.912. The summed E-state index contributed by atoms with van der Waals surface area (Å²) in [7, 11) is 6.34. The normalized spacial score (nSPS) is 10.7. The average molecular weight is 431 g/mol. The molecule has 0 saturated heterocycles. The molecule has 1 heterocycles. The zero-order chi connectivity index (χ0) is 19.7. The molecule has 0 bridgehead atoms. The molecule has 1 aromatic heterocycles. The Kier molecular flexibility index (Phi) is 5.23. The second kappa shape index (κ2) is 7.44. The van der Waals surface area contributed by atoms with Crippen LogP contribution < -0.4 is 19.9 Å². The maximum absolute atomic E-state index is 13.2. The lowest BCUT2D eigenvalue weighted by Gasteiger charge is -2.19. The van der Waals surface area contributed by atoms with Crippen molar-refractivity contribution < 1.29 is 14.3 Å². The molecule has 2 aromatic carbocycles. The number of halogens is 1. The van der Waals surface area contributed by atoms with Gasteiger partial charge in [-0.3, -0.25) is 9.59 Å². The van der Waals surface area contributed by atoms with Crippen molar-refractivity contribution >= 4 is 38.3 Å². The first-order chi connectivity index (χ1) is 12.9. The van der Waals surface area contributed by atoms with Crippen molar-refractivity contribution in [3.63, 3.8) is 0 Å². The monoisotopic (exact) mass is 430 g/mol. The molecule has 0 saturated carbocycles. The highest BCUT2D eigenvalue weighted by atomic mass is 79.9. The van der Waals surface area contributed by atoms with E-state index >= 15 is 0 Å². The van der Waals surface area contributed by atoms with E-state index in [1.165, 1.54) is 18.8 Å². The largest absolute Gasteiger partial charge is 0.493 e. The SMILES string of the molecule is COc1cc2c(C(=O)N(C)c3ccc(Br)cc3)cn(C)c(=O)c2cc1OC. The number of amides is 1. The van der Waals surface area contributed by atoms with Gasteiger partial charge in [-0.1, -0.05) is 15.9 Å². The van der Waals surface area contributed by atoms with Gasteiger partial charge in [0.1, 0.15) is 0 Å². The third-order valence-electron chi connectivity index (χ3n) is 4.44. The lowest BCUT2D eigenvalue weighted by atomic mass is 10.0. The van der Waals surface area contributed by atoms with Gasteiger partial charge in [0.25, 0.3) is 11.5 Å². The molecule has 27 heavy (non-hydrogen) atoms. The lowest BCUT2D eigenvalue weighted by Crippen LogP contribution is -2.28. The maximum Gasteiger partial charge on any atom is 0.260 e. The Labute approximate surface area is 165 Å². The molecule has 0 atom stereocenters. The fourth-order valence-electron chi connectivity index (χ4n) is 2.92. The minimum Gasteiger partial charge on any atom is -0.493 e. The average Bonchev–Trinajstić information content (AvgIpc) is 2.69. The molecule has 0 unspecified atom stereocenters. The van der Waals surface area contributed by atoms with Crippen molar-refractivity contribution in [2.45, 2.75) is 0 Å². The van der Waals surface area contributed by atoms with Gasteiger partial charge in [0.15, 0.2) is 11.5 Å². The maximum atomic E-state index is 13.2. The molecular weight excluding hydrogens is 412 g/mol. The summed E-state index contributed by atoms with van der Waals surface area (Å²) in [5.41, 5.74) is 0.929. The van der Waals surface area contributed by atoms with Gasteiger partial charge < -0.3 is 18.9 Å². The van der Waals surface area contributed by atoms with Crippen LogP contribution in [0.1, 0.15) is 10.4 Å². The van der Waals surface area contributed by atoms with Gasteiger partial charge in [0.05, 0.1) is 25.2 Å². The van der Waals surface area contributed by atoms with Crippen LogP contribution in [-0.4, -0.2) is 31.7 Å². The van der Waals surface area contributed by atoms with Crippen molar-refractivity contribution in [2.24, 2.45) is 7.05 Å². The Bertz CT molecular complexity index is 1070. The molecule has 7 heteroatoms. The van der Waals surface area contributed by atoms with Crippen LogP contribution in [0.3, 0.4) is 0 Å². The van der Waals surface area contributed by atoms with Crippen LogP contribution >= 0.6 is 15.9 Å². The second-order valence-electron chi connectivity index (χ2n) is 6.05. The molecule has 0 aliphatic carbocycles. The Morgan fingerprint density at radius 3 is 2.15 bits per heavy atom. The van der Waals surface area contributed by atoms with Crippen LogP contribution in [0.15, 0.2) is 51.9 Å². The van der Waals surface area contributed by atoms with Crippen molar-refractivity contribution in [3.8, 4) is 11.5 Å². The van der Waals surface area contributed by atoms with Crippen LogP contribution in [0.5, 0.6) is 11.5 Å². The van der Waals surface area contributed by atoms with E-state index in [-0.39, 0.29) is 11.5 Å². The summed E-state index contributed by atoms with van der Waals surface area (Å²) in [4.78, 5) is 27.3. The molecule has 0 radical (unpaired) electrons. The number of pyridine rings is 1. The first kappa shape index (κ1) is 19.0. The smallest absolute Gasteiger partial charge is 0.260 e. The number of hydrogen-bond donors (Lipinski definition) is 0. The van der Waals surface area contributed by atoms with E-state index in [1.807, 2.05) is 24.3 Å². The predicted octanol–water partition coefficient (Wildman–Crippen LogP) is 3.59. The fourth-order valence-corrected chi connectivity index (χ4v) is 3.19. The quantitative estimate of drug-likeness (QED) is 0.634. The number of fused-ring (bicyclic) bond motifs is 1. The number of carbonyl (C=O) groups excluding carboxylic acids is 1. The third-order valence-corrected chi connectivity index (χ3v) is 4.97. The molecule has 3 aromatic rings. The van der Waals surface area contributed by atoms with Crippen molar-refractivity contribution in [1.82, 2.24) is 4.57 Å². The predicted molar refractivity (Wildman–Crippen MR) is 109 cm³/mol. The first-order valence-corrected chi connectivity index (χ1v) is 8.95. The van der Waals surface area contributed by atoms with Crippen LogP contribution in [0.25, 0.3) is 10.8 Å². The topological polar surface area (TPSA) is 60.8 Å². The standard InChI is InChI=1S/C20H19BrN2O4/c1-22-11-16(20(25)23(2)13-7-5-12(21)6-8-13)14-9-17(26-3)18(27-4)10-15(14)19(22)24/h5-11H,1-4H3. The van der Waals surface area contributed by atoms with E-state index in [1.54, 1.807) is 37.3 Å². The highest BCUT2D eigenvalue weighted by Crippen LogP contribution is 2.33. The van der Waals surface area contributed by atoms with Gasteiger partial charge in [0.2, 0.25) is 0 Å². The number of aromatic nitrogens is 1. The minimum atomic E-state index is -0.231. The van der Waals surface area contributed by atoms with E-state index < -0.39 is 0 Å². The van der Waals surface area contributed by atoms with Crippen molar-refractivity contribution in [2.75, 3.05) is 26.2 Å². The van der Waals surface area contributed by atoms with E-state index in [4.69, 9.17) is 9.47 Å². The number of rotatable bonds is 4. The van der Waals surface area contributed by atoms with Gasteiger partial charge in [-0.2, -0.15) is 0 Å². The number of methoxy groups -OCH3 is 2. The number of aryl methyl sites for hydroxylation is 1. The summed E-state index contributed by atoms with van der Waals surface area (Å²) in [6.07, 6.45) is 1.55. The second-order valence-corrected chi connectivity index (χ2v) is 6.97. The minimum absolute atomic E-state index is 0.214. The third kappa shape index (κ3) is 3.42. The Morgan fingerprint density at radius 2 is 1.59 bits per heavy atom. The van der Waals surface area contributed by atoms with Gasteiger partial charge in [-0.05, 0) is 36.4 Å². The molecule has 1 amide bonds. The molecule has 0 spiro atoms. The van der Waals surface area contributed by atoms with Crippen LogP contribution in [0, 0.1) is 0 Å². The Balaban J connectivity index is 2.21. The lowest BCUT2D eigenvalue weighted by molar-refractivity contribution is 0.0994. The molecule has 0 aliphatic heterocycles. The zero-order valence-corrected chi connectivity index (χ0v) is 17.0. The summed E-state index contributed by atoms with van der Waals surface area (Å²) in [5.74, 6) is 0.664. The van der Waals surface area contributed by atoms with Crippen LogP contribution in [0.4, 0.5) is 5.69 Å². The number of hydrogen-bond acceptors (Lipinski definition) is 4. The van der Waals surface area contributed by atoms with Crippen LogP contribution in [0.2, 0.25) is 0 Å². The molecule has 0 N–H and O–H groups in total. The number of ether oxygens (including phenoxy) is 2. The van der Waals surface area contributed by atoms with E-state index in [0.717, 1.165) is 10.2 Å². The summed E-state index contributed by atoms with van der Waals surface area (Å²) >= 11 is 3.39. The number of benzene rings is 2. The Hall–Kier alpha value is -2.80. The molecular formula is C20H19BrN2O4. The summed E-state index contributed by atoms with van der Waals surface area (Å²) < 4.78 is 13.0. The molecule has 0 aliphatic rings. The highest BCUT2D eigenvalue weighted by Gasteiger charge is 2.20. The van der Waals surface area contributed by atoms with E-state index in [2.05, 4.69) is 15.9 Å². The summed E-state index contributed by atoms with van der Waals surface area (Å²) in [6, 6.07) is 10.7. The van der Waals surface area contributed by atoms with Gasteiger partial charge in [-0.25, -0.2) is 0 Å². The number of anilines is 1. The van der Waals surface area contributed by atoms with Gasteiger partial charge in [-0.15, -0.1) is 0 Å². The molecule has 0 fully saturated rings. The van der Waals surface area contributed by atoms with Gasteiger partial charge >= 0.3 is 0 Å². The number of nitrogens with zero attached hydrogens (tertiary/aromatic N) is 2. The van der Waals surface area contributed by atoms with Crippen LogP contribution in [-0.2, 0) is 7.05 Å². The van der Waals surface area contributed by atoms with E-state index in [9.17, 15) is 9.59 Å². The summed E-state index contributed by atoms with van der Waals surface area (Å²) in [6.45, 7) is 0. The fraction of sp³-hybridized carbons (Fsp3) is 0.200. The highest BCUT2D eigenvalue weighted by molar-refractivity contribution is 9.10. The molecule has 140 valence electrons. The first-order valence-electron chi connectivity index (χ1n) is 8.16. The molecule has 3 rings (SSSR count). The van der Waals surface area contributed by atoms with Gasteiger partial charge in [0, 0.05) is 35.8 Å². The number of carbonyl (C=O) groups is 1. The Morgan fingerprint density at radius 1 is 1.04 bits per heavy atom. The molecule has 6 nitrogen and oxygen atoms in total. The van der Waals surface area contributed by atoms with Crippen molar-refractivity contribution in [1.29, 1.82) is 0 Å². The zero-order valence-electron chi connectivity index (χ0n) is 15.4. The van der Waals surface area contributed by atoms with Crippen molar-refractivity contribution in [3.05, 3.63) is 63.0 Å². The van der Waals surface area contributed by atoms with E-state index in [0.29, 0.717) is 27.8 Å².